The van der Waals surface area contributed by atoms with Crippen molar-refractivity contribution in [2.45, 2.75) is 0 Å². The van der Waals surface area contributed by atoms with Gasteiger partial charge in [0.05, 0.1) is 11.4 Å². The van der Waals surface area contributed by atoms with Crippen LogP contribution < -0.4 is 19.3 Å². The largest absolute Gasteiger partial charge is 0.457 e. The van der Waals surface area contributed by atoms with Gasteiger partial charge in [0, 0.05) is 49.9 Å². The van der Waals surface area contributed by atoms with Gasteiger partial charge in [-0.25, -0.2) is 0 Å². The smallest absolute Gasteiger partial charge is 0.131 e. The number of nitrogens with zero attached hydrogens (tertiary/aromatic N) is 2. The highest BCUT2D eigenvalue weighted by molar-refractivity contribution is 9.10. The van der Waals surface area contributed by atoms with Crippen molar-refractivity contribution < 1.29 is 9.47 Å². The lowest BCUT2D eigenvalue weighted by Crippen LogP contribution is -2.09. The molecule has 0 aliphatic rings. The van der Waals surface area contributed by atoms with Crippen molar-refractivity contribution in [3.05, 3.63) is 191 Å². The van der Waals surface area contributed by atoms with Crippen LogP contribution in [0.25, 0.3) is 0 Å². The standard InChI is InChI=1S/C42H30Br2N2O2/c43-31-24-37(45(33-14-5-1-6-15-33)34-16-7-2-8-17-34)28-41(26-31)47-39-22-13-23-40(30-39)48-42-27-32(44)25-38(29-42)46(35-18-9-3-10-19-35)36-20-11-4-12-21-36/h1-30H. The minimum Gasteiger partial charge on any atom is -0.457 e. The molecule has 7 rings (SSSR count). The Labute approximate surface area is 297 Å². The lowest BCUT2D eigenvalue weighted by molar-refractivity contribution is 0.460. The fourth-order valence-corrected chi connectivity index (χ4v) is 6.47. The first kappa shape index (κ1) is 31.3. The Morgan fingerprint density at radius 1 is 0.292 bits per heavy atom. The Bertz CT molecular complexity index is 1880. The van der Waals surface area contributed by atoms with Gasteiger partial charge in [-0.1, -0.05) is 111 Å². The maximum atomic E-state index is 6.45. The van der Waals surface area contributed by atoms with E-state index in [1.54, 1.807) is 0 Å². The predicted molar refractivity (Wildman–Crippen MR) is 204 cm³/mol. The van der Waals surface area contributed by atoms with E-state index in [2.05, 4.69) is 102 Å². The Morgan fingerprint density at radius 3 is 0.958 bits per heavy atom. The molecule has 7 aromatic rings. The third-order valence-corrected chi connectivity index (χ3v) is 8.48. The fourth-order valence-electron chi connectivity index (χ4n) is 5.55. The van der Waals surface area contributed by atoms with Crippen LogP contribution in [0, 0.1) is 0 Å². The highest BCUT2D eigenvalue weighted by atomic mass is 79.9. The number of benzene rings is 7. The minimum absolute atomic E-state index is 0.660. The summed E-state index contributed by atoms with van der Waals surface area (Å²) in [5.74, 6) is 2.71. The summed E-state index contributed by atoms with van der Waals surface area (Å²) in [5.41, 5.74) is 6.13. The van der Waals surface area contributed by atoms with Crippen LogP contribution in [-0.2, 0) is 0 Å². The molecule has 0 bridgehead atoms. The Balaban J connectivity index is 1.17. The first-order chi connectivity index (χ1) is 23.6. The molecular weight excluding hydrogens is 724 g/mol. The van der Waals surface area contributed by atoms with Crippen molar-refractivity contribution in [1.82, 2.24) is 0 Å². The molecule has 7 aromatic carbocycles. The van der Waals surface area contributed by atoms with Gasteiger partial charge in [-0.3, -0.25) is 0 Å². The van der Waals surface area contributed by atoms with Crippen LogP contribution >= 0.6 is 31.9 Å². The lowest BCUT2D eigenvalue weighted by atomic mass is 10.2. The van der Waals surface area contributed by atoms with E-state index in [1.807, 2.05) is 121 Å². The average molecular weight is 755 g/mol. The van der Waals surface area contributed by atoms with Gasteiger partial charge in [-0.05, 0) is 84.9 Å². The number of hydrogen-bond acceptors (Lipinski definition) is 4. The van der Waals surface area contributed by atoms with Gasteiger partial charge in [0.1, 0.15) is 23.0 Å². The van der Waals surface area contributed by atoms with Crippen molar-refractivity contribution in [3.63, 3.8) is 0 Å². The molecule has 0 aliphatic heterocycles. The summed E-state index contributed by atoms with van der Waals surface area (Å²) in [6, 6.07) is 61.1. The predicted octanol–water partition coefficient (Wildman–Crippen LogP) is 13.7. The number of rotatable bonds is 10. The molecule has 0 aliphatic carbocycles. The zero-order valence-electron chi connectivity index (χ0n) is 25.8. The zero-order chi connectivity index (χ0) is 32.7. The molecule has 0 saturated heterocycles. The van der Waals surface area contributed by atoms with Crippen LogP contribution in [0.2, 0.25) is 0 Å². The molecule has 0 atom stereocenters. The lowest BCUT2D eigenvalue weighted by Gasteiger charge is -2.26. The topological polar surface area (TPSA) is 24.9 Å². The maximum Gasteiger partial charge on any atom is 0.131 e. The Morgan fingerprint density at radius 2 is 0.625 bits per heavy atom. The van der Waals surface area contributed by atoms with Crippen molar-refractivity contribution >= 4 is 66.0 Å². The van der Waals surface area contributed by atoms with E-state index in [-0.39, 0.29) is 0 Å². The molecule has 4 nitrogen and oxygen atoms in total. The number of ether oxygens (including phenoxy) is 2. The van der Waals surface area contributed by atoms with Crippen LogP contribution in [0.15, 0.2) is 191 Å². The van der Waals surface area contributed by atoms with Gasteiger partial charge in [-0.15, -0.1) is 0 Å². The van der Waals surface area contributed by atoms with Crippen LogP contribution in [-0.4, -0.2) is 0 Å². The third-order valence-electron chi connectivity index (χ3n) is 7.56. The monoisotopic (exact) mass is 752 g/mol. The molecule has 0 fully saturated rings. The van der Waals surface area contributed by atoms with E-state index >= 15 is 0 Å². The molecule has 0 N–H and O–H groups in total. The van der Waals surface area contributed by atoms with E-state index < -0.39 is 0 Å². The molecule has 0 radical (unpaired) electrons. The average Bonchev–Trinajstić information content (AvgIpc) is 3.10. The molecule has 0 spiro atoms. The number of para-hydroxylation sites is 4. The minimum atomic E-state index is 0.660. The van der Waals surface area contributed by atoms with Crippen LogP contribution in [0.5, 0.6) is 23.0 Å². The van der Waals surface area contributed by atoms with Crippen molar-refractivity contribution in [1.29, 1.82) is 0 Å². The van der Waals surface area contributed by atoms with Gasteiger partial charge in [0.25, 0.3) is 0 Å². The van der Waals surface area contributed by atoms with E-state index in [0.29, 0.717) is 23.0 Å². The van der Waals surface area contributed by atoms with Gasteiger partial charge in [0.15, 0.2) is 0 Å². The molecule has 0 saturated carbocycles. The summed E-state index contributed by atoms with van der Waals surface area (Å²) in [4.78, 5) is 4.41. The maximum absolute atomic E-state index is 6.45. The SMILES string of the molecule is Brc1cc(Oc2cccc(Oc3cc(Br)cc(N(c4ccccc4)c4ccccc4)c3)c2)cc(N(c2ccccc2)c2ccccc2)c1. The number of halogens is 2. The van der Waals surface area contributed by atoms with Gasteiger partial charge >= 0.3 is 0 Å². The first-order valence-corrected chi connectivity index (χ1v) is 17.1. The zero-order valence-corrected chi connectivity index (χ0v) is 29.0. The molecule has 0 aromatic heterocycles. The second kappa shape index (κ2) is 14.6. The molecule has 6 heteroatoms. The highest BCUT2D eigenvalue weighted by Crippen LogP contribution is 2.41. The summed E-state index contributed by atoms with van der Waals surface area (Å²) < 4.78 is 14.7. The Kier molecular flexibility index (Phi) is 9.55. The van der Waals surface area contributed by atoms with E-state index in [0.717, 1.165) is 43.1 Å². The van der Waals surface area contributed by atoms with Crippen LogP contribution in [0.4, 0.5) is 34.1 Å². The van der Waals surface area contributed by atoms with E-state index in [4.69, 9.17) is 9.47 Å². The van der Waals surface area contributed by atoms with Crippen molar-refractivity contribution in [2.24, 2.45) is 0 Å². The molecular formula is C42H30Br2N2O2. The number of anilines is 6. The van der Waals surface area contributed by atoms with Gasteiger partial charge in [-0.2, -0.15) is 0 Å². The molecule has 48 heavy (non-hydrogen) atoms. The van der Waals surface area contributed by atoms with E-state index in [1.165, 1.54) is 0 Å². The Hall–Kier alpha value is -5.30. The summed E-state index contributed by atoms with van der Waals surface area (Å²) in [6.07, 6.45) is 0. The first-order valence-electron chi connectivity index (χ1n) is 15.5. The fraction of sp³-hybridized carbons (Fsp3) is 0. The quantitative estimate of drug-likeness (QED) is 0.139. The second-order valence-corrected chi connectivity index (χ2v) is 12.8. The molecule has 0 heterocycles. The summed E-state index contributed by atoms with van der Waals surface area (Å²) >= 11 is 7.44. The molecule has 0 unspecified atom stereocenters. The summed E-state index contributed by atoms with van der Waals surface area (Å²) in [5, 5.41) is 0. The molecule has 0 amide bonds. The summed E-state index contributed by atoms with van der Waals surface area (Å²) in [7, 11) is 0. The highest BCUT2D eigenvalue weighted by Gasteiger charge is 2.16. The number of hydrogen-bond donors (Lipinski definition) is 0. The molecule has 234 valence electrons. The van der Waals surface area contributed by atoms with Gasteiger partial charge in [0.2, 0.25) is 0 Å². The third kappa shape index (κ3) is 7.46. The van der Waals surface area contributed by atoms with Crippen LogP contribution in [0.1, 0.15) is 0 Å². The second-order valence-electron chi connectivity index (χ2n) is 11.0. The van der Waals surface area contributed by atoms with Crippen molar-refractivity contribution in [3.8, 4) is 23.0 Å². The summed E-state index contributed by atoms with van der Waals surface area (Å²) in [6.45, 7) is 0. The van der Waals surface area contributed by atoms with Crippen molar-refractivity contribution in [2.75, 3.05) is 9.80 Å². The van der Waals surface area contributed by atoms with Crippen LogP contribution in [0.3, 0.4) is 0 Å². The normalized spacial score (nSPS) is 10.7. The van der Waals surface area contributed by atoms with E-state index in [9.17, 15) is 0 Å². The van der Waals surface area contributed by atoms with Gasteiger partial charge < -0.3 is 19.3 Å².